The fourth-order valence-corrected chi connectivity index (χ4v) is 2.23. The number of fused-ring (bicyclic) bond motifs is 1. The molecule has 1 aromatic rings. The highest BCUT2D eigenvalue weighted by molar-refractivity contribution is 5.99. The molecule has 1 atom stereocenters. The minimum atomic E-state index is -0.450. The third-order valence-electron chi connectivity index (χ3n) is 3.07. The van der Waals surface area contributed by atoms with E-state index in [1.54, 1.807) is 0 Å². The molecule has 16 heavy (non-hydrogen) atoms. The van der Waals surface area contributed by atoms with Crippen LogP contribution in [0.15, 0.2) is 24.3 Å². The molecule has 2 rings (SSSR count). The summed E-state index contributed by atoms with van der Waals surface area (Å²) >= 11 is 0. The van der Waals surface area contributed by atoms with Crippen LogP contribution in [0.4, 0.5) is 0 Å². The standard InChI is InChI=1S/C13H14O3/c1-16-13(15)8-12(14)11-7-6-9-4-2-3-5-10(9)11/h2-5,11H,6-8H2,1H3. The van der Waals surface area contributed by atoms with Crippen molar-refractivity contribution >= 4 is 11.8 Å². The lowest BCUT2D eigenvalue weighted by Crippen LogP contribution is -2.15. The van der Waals surface area contributed by atoms with Crippen LogP contribution in [0.25, 0.3) is 0 Å². The molecule has 0 N–H and O–H groups in total. The molecule has 1 aliphatic carbocycles. The van der Waals surface area contributed by atoms with E-state index >= 15 is 0 Å². The minimum absolute atomic E-state index is 0.0307. The van der Waals surface area contributed by atoms with E-state index in [-0.39, 0.29) is 18.1 Å². The SMILES string of the molecule is COC(=O)CC(=O)C1CCc2ccccc21. The Morgan fingerprint density at radius 1 is 1.38 bits per heavy atom. The van der Waals surface area contributed by atoms with Gasteiger partial charge in [0.05, 0.1) is 7.11 Å². The molecule has 0 fully saturated rings. The number of carbonyl (C=O) groups is 2. The Morgan fingerprint density at radius 2 is 2.12 bits per heavy atom. The van der Waals surface area contributed by atoms with Gasteiger partial charge in [0.2, 0.25) is 0 Å². The first kappa shape index (κ1) is 10.9. The molecular formula is C13H14O3. The number of carbonyl (C=O) groups excluding carboxylic acids is 2. The topological polar surface area (TPSA) is 43.4 Å². The highest BCUT2D eigenvalue weighted by Gasteiger charge is 2.29. The average Bonchev–Trinajstić information content (AvgIpc) is 2.72. The van der Waals surface area contributed by atoms with Crippen molar-refractivity contribution in [1.82, 2.24) is 0 Å². The van der Waals surface area contributed by atoms with Gasteiger partial charge in [-0.25, -0.2) is 0 Å². The van der Waals surface area contributed by atoms with Gasteiger partial charge in [-0.2, -0.15) is 0 Å². The van der Waals surface area contributed by atoms with E-state index in [1.165, 1.54) is 12.7 Å². The zero-order chi connectivity index (χ0) is 11.5. The smallest absolute Gasteiger partial charge is 0.313 e. The predicted octanol–water partition coefficient (Wildman–Crippen LogP) is 1.85. The van der Waals surface area contributed by atoms with Crippen molar-refractivity contribution in [3.8, 4) is 0 Å². The summed E-state index contributed by atoms with van der Waals surface area (Å²) in [6.45, 7) is 0. The van der Waals surface area contributed by atoms with Crippen molar-refractivity contribution in [3.05, 3.63) is 35.4 Å². The van der Waals surface area contributed by atoms with Crippen LogP contribution in [-0.4, -0.2) is 18.9 Å². The Labute approximate surface area is 94.4 Å². The molecule has 84 valence electrons. The number of rotatable bonds is 3. The van der Waals surface area contributed by atoms with Crippen LogP contribution in [0.3, 0.4) is 0 Å². The van der Waals surface area contributed by atoms with E-state index in [0.29, 0.717) is 0 Å². The summed E-state index contributed by atoms with van der Waals surface area (Å²) in [5, 5.41) is 0. The molecule has 3 nitrogen and oxygen atoms in total. The Kier molecular flexibility index (Phi) is 3.04. The number of hydrogen-bond acceptors (Lipinski definition) is 3. The predicted molar refractivity (Wildman–Crippen MR) is 59.1 cm³/mol. The second-order valence-corrected chi connectivity index (χ2v) is 4.01. The van der Waals surface area contributed by atoms with E-state index in [4.69, 9.17) is 0 Å². The first-order valence-electron chi connectivity index (χ1n) is 5.39. The summed E-state index contributed by atoms with van der Waals surface area (Å²) < 4.78 is 4.51. The van der Waals surface area contributed by atoms with Crippen LogP contribution in [0, 0.1) is 0 Å². The second kappa shape index (κ2) is 4.47. The van der Waals surface area contributed by atoms with E-state index < -0.39 is 5.97 Å². The van der Waals surface area contributed by atoms with Gasteiger partial charge in [-0.1, -0.05) is 24.3 Å². The van der Waals surface area contributed by atoms with E-state index in [9.17, 15) is 9.59 Å². The maximum atomic E-state index is 11.9. The van der Waals surface area contributed by atoms with Crippen molar-refractivity contribution in [1.29, 1.82) is 0 Å². The van der Waals surface area contributed by atoms with E-state index in [0.717, 1.165) is 18.4 Å². The summed E-state index contributed by atoms with van der Waals surface area (Å²) in [5.74, 6) is -0.596. The lowest BCUT2D eigenvalue weighted by Gasteiger charge is -2.09. The van der Waals surface area contributed by atoms with Crippen LogP contribution in [0.2, 0.25) is 0 Å². The fraction of sp³-hybridized carbons (Fsp3) is 0.385. The number of ketones is 1. The molecule has 0 saturated heterocycles. The van der Waals surface area contributed by atoms with E-state index in [1.807, 2.05) is 24.3 Å². The largest absolute Gasteiger partial charge is 0.469 e. The van der Waals surface area contributed by atoms with Gasteiger partial charge in [-0.15, -0.1) is 0 Å². The number of hydrogen-bond donors (Lipinski definition) is 0. The van der Waals surface area contributed by atoms with Crippen molar-refractivity contribution < 1.29 is 14.3 Å². The Hall–Kier alpha value is -1.64. The Balaban J connectivity index is 2.13. The van der Waals surface area contributed by atoms with Gasteiger partial charge in [0, 0.05) is 5.92 Å². The molecule has 3 heteroatoms. The number of Topliss-reactive ketones (excluding diaryl/α,β-unsaturated/α-hetero) is 1. The molecule has 0 saturated carbocycles. The van der Waals surface area contributed by atoms with Crippen LogP contribution in [0.5, 0.6) is 0 Å². The van der Waals surface area contributed by atoms with Gasteiger partial charge in [0.25, 0.3) is 0 Å². The first-order valence-corrected chi connectivity index (χ1v) is 5.39. The highest BCUT2D eigenvalue weighted by Crippen LogP contribution is 2.34. The highest BCUT2D eigenvalue weighted by atomic mass is 16.5. The number of esters is 1. The summed E-state index contributed by atoms with van der Waals surface area (Å²) in [7, 11) is 1.30. The average molecular weight is 218 g/mol. The molecule has 1 unspecified atom stereocenters. The zero-order valence-corrected chi connectivity index (χ0v) is 9.23. The molecule has 0 aliphatic heterocycles. The molecule has 0 aromatic heterocycles. The van der Waals surface area contributed by atoms with Gasteiger partial charge in [0.15, 0.2) is 5.78 Å². The van der Waals surface area contributed by atoms with Crippen LogP contribution >= 0.6 is 0 Å². The van der Waals surface area contributed by atoms with Gasteiger partial charge in [-0.05, 0) is 24.0 Å². The first-order chi connectivity index (χ1) is 7.72. The molecule has 1 aromatic carbocycles. The number of ether oxygens (including phenoxy) is 1. The Morgan fingerprint density at radius 3 is 2.88 bits per heavy atom. The van der Waals surface area contributed by atoms with Gasteiger partial charge in [0.1, 0.15) is 6.42 Å². The van der Waals surface area contributed by atoms with E-state index in [2.05, 4.69) is 4.74 Å². The number of methoxy groups -OCH3 is 1. The molecular weight excluding hydrogens is 204 g/mol. The molecule has 0 spiro atoms. The molecule has 0 bridgehead atoms. The number of benzene rings is 1. The zero-order valence-electron chi connectivity index (χ0n) is 9.23. The van der Waals surface area contributed by atoms with Crippen LogP contribution < -0.4 is 0 Å². The van der Waals surface area contributed by atoms with Crippen molar-refractivity contribution in [2.24, 2.45) is 0 Å². The molecule has 0 radical (unpaired) electrons. The third-order valence-corrected chi connectivity index (χ3v) is 3.07. The van der Waals surface area contributed by atoms with Crippen LogP contribution in [-0.2, 0) is 20.7 Å². The Bertz CT molecular complexity index is 423. The maximum Gasteiger partial charge on any atom is 0.313 e. The third kappa shape index (κ3) is 1.98. The molecule has 1 aliphatic rings. The van der Waals surface area contributed by atoms with Crippen LogP contribution in [0.1, 0.15) is 29.9 Å². The molecule has 0 heterocycles. The second-order valence-electron chi connectivity index (χ2n) is 4.01. The van der Waals surface area contributed by atoms with Crippen molar-refractivity contribution in [2.45, 2.75) is 25.2 Å². The summed E-state index contributed by atoms with van der Waals surface area (Å²) in [6.07, 6.45) is 1.62. The number of aryl methyl sites for hydroxylation is 1. The van der Waals surface area contributed by atoms with Gasteiger partial charge in [-0.3, -0.25) is 9.59 Å². The fourth-order valence-electron chi connectivity index (χ4n) is 2.23. The molecule has 0 amide bonds. The van der Waals surface area contributed by atoms with Gasteiger partial charge < -0.3 is 4.74 Å². The summed E-state index contributed by atoms with van der Waals surface area (Å²) in [6, 6.07) is 7.93. The van der Waals surface area contributed by atoms with Crippen molar-refractivity contribution in [3.63, 3.8) is 0 Å². The summed E-state index contributed by atoms with van der Waals surface area (Å²) in [4.78, 5) is 22.9. The minimum Gasteiger partial charge on any atom is -0.469 e. The van der Waals surface area contributed by atoms with Gasteiger partial charge >= 0.3 is 5.97 Å². The lowest BCUT2D eigenvalue weighted by atomic mass is 9.95. The maximum absolute atomic E-state index is 11.9. The normalized spacial score (nSPS) is 17.9. The lowest BCUT2D eigenvalue weighted by molar-refractivity contribution is -0.143. The van der Waals surface area contributed by atoms with Crippen molar-refractivity contribution in [2.75, 3.05) is 7.11 Å². The monoisotopic (exact) mass is 218 g/mol. The summed E-state index contributed by atoms with van der Waals surface area (Å²) in [5.41, 5.74) is 2.31. The quantitative estimate of drug-likeness (QED) is 0.574.